The number of aromatic nitrogens is 1. The molecule has 0 spiro atoms. The van der Waals surface area contributed by atoms with Gasteiger partial charge in [0.2, 0.25) is 0 Å². The number of amides is 1. The van der Waals surface area contributed by atoms with Gasteiger partial charge in [0, 0.05) is 18.1 Å². The molecule has 0 saturated carbocycles. The summed E-state index contributed by atoms with van der Waals surface area (Å²) in [5.41, 5.74) is 0. The molecule has 2 saturated heterocycles. The molecule has 4 heterocycles. The quantitative estimate of drug-likeness (QED) is 0.862. The van der Waals surface area contributed by atoms with E-state index in [4.69, 9.17) is 9.15 Å². The molecule has 2 aromatic heterocycles. The van der Waals surface area contributed by atoms with Crippen molar-refractivity contribution in [3.8, 4) is 5.95 Å². The van der Waals surface area contributed by atoms with Gasteiger partial charge in [0.25, 0.3) is 11.1 Å². The van der Waals surface area contributed by atoms with Crippen LogP contribution in [0.15, 0.2) is 32.2 Å². The maximum atomic E-state index is 12.4. The van der Waals surface area contributed by atoms with Gasteiger partial charge in [-0.2, -0.15) is 0 Å². The number of carbonyl (C=O) groups excluding carboxylic acids is 1. The predicted molar refractivity (Wildman–Crippen MR) is 87.3 cm³/mol. The summed E-state index contributed by atoms with van der Waals surface area (Å²) in [6.45, 7) is 0. The maximum absolute atomic E-state index is 12.4. The standard InChI is InChI=1S/C15H17N3O3S2/c1-20-12-7-16-15(21-12)23-13-5-4-11(22-13)14(19)18-10-6-8-2-3-9(10)17-8/h4-5,7-10,17H,2-3,6H2,1H3,(H,18,19)/t8-,9+,10-/m1/s1. The third kappa shape index (κ3) is 3.11. The van der Waals surface area contributed by atoms with Gasteiger partial charge in [-0.15, -0.1) is 11.3 Å². The molecule has 0 aliphatic carbocycles. The van der Waals surface area contributed by atoms with Crippen molar-refractivity contribution in [2.45, 2.75) is 46.8 Å². The Bertz CT molecular complexity index is 714. The largest absolute Gasteiger partial charge is 0.467 e. The molecular formula is C15H17N3O3S2. The molecule has 0 radical (unpaired) electrons. The van der Waals surface area contributed by atoms with Crippen LogP contribution in [-0.2, 0) is 0 Å². The zero-order chi connectivity index (χ0) is 15.8. The summed E-state index contributed by atoms with van der Waals surface area (Å²) >= 11 is 2.83. The number of nitrogens with zero attached hydrogens (tertiary/aromatic N) is 1. The molecule has 8 heteroatoms. The highest BCUT2D eigenvalue weighted by Crippen LogP contribution is 2.34. The fraction of sp³-hybridized carbons (Fsp3) is 0.467. The van der Waals surface area contributed by atoms with E-state index in [1.807, 2.05) is 12.1 Å². The summed E-state index contributed by atoms with van der Waals surface area (Å²) in [7, 11) is 1.53. The lowest BCUT2D eigenvalue weighted by Gasteiger charge is -2.20. The molecule has 2 N–H and O–H groups in total. The monoisotopic (exact) mass is 351 g/mol. The van der Waals surface area contributed by atoms with Crippen LogP contribution in [0.25, 0.3) is 0 Å². The Labute approximate surface area is 142 Å². The molecule has 3 atom stereocenters. The maximum Gasteiger partial charge on any atom is 0.305 e. The second-order valence-electron chi connectivity index (χ2n) is 5.73. The van der Waals surface area contributed by atoms with E-state index in [0.717, 1.165) is 17.1 Å². The summed E-state index contributed by atoms with van der Waals surface area (Å²) in [5.74, 6) is 0.386. The van der Waals surface area contributed by atoms with Crippen LogP contribution in [0.4, 0.5) is 0 Å². The van der Waals surface area contributed by atoms with Crippen molar-refractivity contribution in [2.75, 3.05) is 7.11 Å². The van der Waals surface area contributed by atoms with Crippen molar-refractivity contribution in [1.82, 2.24) is 15.6 Å². The minimum absolute atomic E-state index is 0.00573. The molecule has 2 aliphatic rings. The lowest BCUT2D eigenvalue weighted by molar-refractivity contribution is 0.0935. The molecule has 4 rings (SSSR count). The van der Waals surface area contributed by atoms with Gasteiger partial charge in [0.1, 0.15) is 6.20 Å². The van der Waals surface area contributed by atoms with Crippen LogP contribution in [0.1, 0.15) is 28.9 Å². The number of methoxy groups -OCH3 is 1. The van der Waals surface area contributed by atoms with Crippen LogP contribution in [-0.4, -0.2) is 36.1 Å². The van der Waals surface area contributed by atoms with Gasteiger partial charge in [-0.3, -0.25) is 4.79 Å². The fourth-order valence-corrected chi connectivity index (χ4v) is 5.02. The van der Waals surface area contributed by atoms with E-state index >= 15 is 0 Å². The van der Waals surface area contributed by atoms with E-state index in [0.29, 0.717) is 28.1 Å². The number of rotatable bonds is 5. The third-order valence-corrected chi connectivity index (χ3v) is 6.35. The molecular weight excluding hydrogens is 334 g/mol. The minimum Gasteiger partial charge on any atom is -0.467 e. The fourth-order valence-electron chi connectivity index (χ4n) is 3.19. The molecule has 2 aliphatic heterocycles. The Morgan fingerprint density at radius 2 is 2.43 bits per heavy atom. The van der Waals surface area contributed by atoms with E-state index in [-0.39, 0.29) is 11.9 Å². The van der Waals surface area contributed by atoms with E-state index in [1.165, 1.54) is 42.8 Å². The van der Waals surface area contributed by atoms with E-state index < -0.39 is 0 Å². The first kappa shape index (κ1) is 15.0. The molecule has 2 aromatic rings. The highest BCUT2D eigenvalue weighted by atomic mass is 32.2. The predicted octanol–water partition coefficient (Wildman–Crippen LogP) is 2.52. The minimum atomic E-state index is 0.00573. The number of hydrogen-bond acceptors (Lipinski definition) is 7. The van der Waals surface area contributed by atoms with Crippen molar-refractivity contribution in [2.24, 2.45) is 0 Å². The Morgan fingerprint density at radius 1 is 1.52 bits per heavy atom. The molecule has 1 amide bonds. The Kier molecular flexibility index (Phi) is 4.04. The molecule has 2 bridgehead atoms. The first-order valence-electron chi connectivity index (χ1n) is 7.55. The summed E-state index contributed by atoms with van der Waals surface area (Å²) in [4.78, 5) is 17.2. The number of hydrogen-bond donors (Lipinski definition) is 2. The zero-order valence-corrected chi connectivity index (χ0v) is 14.2. The first-order chi connectivity index (χ1) is 11.2. The normalized spacial score (nSPS) is 25.7. The van der Waals surface area contributed by atoms with Crippen LogP contribution in [0.5, 0.6) is 5.95 Å². The number of oxazole rings is 1. The van der Waals surface area contributed by atoms with Gasteiger partial charge in [-0.05, 0) is 43.2 Å². The first-order valence-corrected chi connectivity index (χ1v) is 9.19. The van der Waals surface area contributed by atoms with Gasteiger partial charge in [0.15, 0.2) is 0 Å². The number of thiophene rings is 1. The van der Waals surface area contributed by atoms with Crippen LogP contribution < -0.4 is 15.4 Å². The molecule has 122 valence electrons. The van der Waals surface area contributed by atoms with E-state index in [9.17, 15) is 4.79 Å². The second kappa shape index (κ2) is 6.18. The summed E-state index contributed by atoms with van der Waals surface area (Å²) in [5, 5.41) is 7.20. The van der Waals surface area contributed by atoms with Gasteiger partial charge < -0.3 is 19.8 Å². The van der Waals surface area contributed by atoms with Gasteiger partial charge >= 0.3 is 5.95 Å². The van der Waals surface area contributed by atoms with Crippen molar-refractivity contribution in [3.05, 3.63) is 23.2 Å². The van der Waals surface area contributed by atoms with E-state index in [2.05, 4.69) is 15.6 Å². The number of fused-ring (bicyclic) bond motifs is 2. The Hall–Kier alpha value is -1.51. The average molecular weight is 351 g/mol. The lowest BCUT2D eigenvalue weighted by Crippen LogP contribution is -2.42. The molecule has 6 nitrogen and oxygen atoms in total. The van der Waals surface area contributed by atoms with Crippen LogP contribution in [0, 0.1) is 0 Å². The van der Waals surface area contributed by atoms with Crippen molar-refractivity contribution in [1.29, 1.82) is 0 Å². The van der Waals surface area contributed by atoms with Gasteiger partial charge in [-0.25, -0.2) is 4.98 Å². The Morgan fingerprint density at radius 3 is 3.13 bits per heavy atom. The highest BCUT2D eigenvalue weighted by molar-refractivity contribution is 8.01. The summed E-state index contributed by atoms with van der Waals surface area (Å²) < 4.78 is 11.3. The van der Waals surface area contributed by atoms with Crippen LogP contribution in [0.2, 0.25) is 0 Å². The van der Waals surface area contributed by atoms with Crippen LogP contribution >= 0.6 is 23.1 Å². The molecule has 23 heavy (non-hydrogen) atoms. The third-order valence-electron chi connectivity index (χ3n) is 4.27. The Balaban J connectivity index is 1.38. The van der Waals surface area contributed by atoms with Crippen molar-refractivity contribution < 1.29 is 13.9 Å². The van der Waals surface area contributed by atoms with Gasteiger partial charge in [0.05, 0.1) is 16.2 Å². The number of carbonyl (C=O) groups is 1. The summed E-state index contributed by atoms with van der Waals surface area (Å²) in [6, 6.07) is 5.05. The molecule has 0 unspecified atom stereocenters. The lowest BCUT2D eigenvalue weighted by atomic mass is 9.95. The topological polar surface area (TPSA) is 76.4 Å². The smallest absolute Gasteiger partial charge is 0.305 e. The SMILES string of the molecule is COc1cnc(Sc2ccc(C(=O)N[C@@H]3C[C@H]4CC[C@@H]3N4)s2)o1. The number of nitrogens with one attached hydrogen (secondary N) is 2. The van der Waals surface area contributed by atoms with Crippen molar-refractivity contribution in [3.63, 3.8) is 0 Å². The zero-order valence-electron chi connectivity index (χ0n) is 12.6. The average Bonchev–Trinajstić information content (AvgIpc) is 3.32. The summed E-state index contributed by atoms with van der Waals surface area (Å²) in [6.07, 6.45) is 4.97. The van der Waals surface area contributed by atoms with Crippen molar-refractivity contribution >= 4 is 29.0 Å². The van der Waals surface area contributed by atoms with Crippen LogP contribution in [0.3, 0.4) is 0 Å². The number of ether oxygens (including phenoxy) is 1. The van der Waals surface area contributed by atoms with Gasteiger partial charge in [-0.1, -0.05) is 0 Å². The van der Waals surface area contributed by atoms with E-state index in [1.54, 1.807) is 0 Å². The second-order valence-corrected chi connectivity index (χ2v) is 8.07. The highest BCUT2D eigenvalue weighted by Gasteiger charge is 2.39. The molecule has 0 aromatic carbocycles. The molecule has 2 fully saturated rings.